The Bertz CT molecular complexity index is 560. The molecule has 0 saturated heterocycles. The molecule has 8 heteroatoms. The molecule has 1 rings (SSSR count). The molecule has 0 saturated carbocycles. The summed E-state index contributed by atoms with van der Waals surface area (Å²) in [7, 11) is -3.19. The van der Waals surface area contributed by atoms with Crippen molar-refractivity contribution in [2.45, 2.75) is 6.42 Å². The van der Waals surface area contributed by atoms with Crippen molar-refractivity contribution in [3.05, 3.63) is 28.8 Å². The smallest absolute Gasteiger partial charge is 0.252 e. The lowest BCUT2D eigenvalue weighted by atomic mass is 10.2. The van der Waals surface area contributed by atoms with Gasteiger partial charge in [0.15, 0.2) is 0 Å². The molecule has 0 unspecified atom stereocenters. The monoisotopic (exact) mass is 305 g/mol. The van der Waals surface area contributed by atoms with Crippen LogP contribution < -0.4 is 15.8 Å². The minimum absolute atomic E-state index is 0.217. The highest BCUT2D eigenvalue weighted by molar-refractivity contribution is 7.88. The molecule has 0 fully saturated rings. The van der Waals surface area contributed by atoms with Crippen LogP contribution in [0.4, 0.5) is 5.69 Å². The topological polar surface area (TPSA) is 101 Å². The van der Waals surface area contributed by atoms with Crippen molar-refractivity contribution in [3.63, 3.8) is 0 Å². The lowest BCUT2D eigenvalue weighted by Gasteiger charge is -2.08. The maximum atomic E-state index is 11.8. The van der Waals surface area contributed by atoms with E-state index in [0.717, 1.165) is 6.26 Å². The van der Waals surface area contributed by atoms with Crippen LogP contribution in [-0.4, -0.2) is 33.7 Å². The van der Waals surface area contributed by atoms with Crippen LogP contribution >= 0.6 is 11.6 Å². The molecule has 4 N–H and O–H groups in total. The van der Waals surface area contributed by atoms with Crippen molar-refractivity contribution >= 4 is 33.2 Å². The van der Waals surface area contributed by atoms with Crippen LogP contribution in [0.15, 0.2) is 18.2 Å². The van der Waals surface area contributed by atoms with Crippen LogP contribution in [0.5, 0.6) is 0 Å². The average molecular weight is 306 g/mol. The highest BCUT2D eigenvalue weighted by atomic mass is 35.5. The van der Waals surface area contributed by atoms with E-state index in [4.69, 9.17) is 17.3 Å². The fraction of sp³-hybridized carbons (Fsp3) is 0.364. The molecule has 0 aliphatic rings. The average Bonchev–Trinajstić information content (AvgIpc) is 2.30. The van der Waals surface area contributed by atoms with Crippen LogP contribution in [0.25, 0.3) is 0 Å². The van der Waals surface area contributed by atoms with E-state index in [-0.39, 0.29) is 17.5 Å². The van der Waals surface area contributed by atoms with Crippen molar-refractivity contribution in [3.8, 4) is 0 Å². The van der Waals surface area contributed by atoms with E-state index < -0.39 is 10.0 Å². The third-order valence-electron chi connectivity index (χ3n) is 2.28. The quantitative estimate of drug-likeness (QED) is 0.529. The number of anilines is 1. The third kappa shape index (κ3) is 5.46. The second kappa shape index (κ2) is 6.74. The Hall–Kier alpha value is -1.31. The fourth-order valence-electron chi connectivity index (χ4n) is 1.37. The molecule has 0 aliphatic carbocycles. The summed E-state index contributed by atoms with van der Waals surface area (Å²) in [6.45, 7) is 0.607. The second-order valence-electron chi connectivity index (χ2n) is 3.98. The van der Waals surface area contributed by atoms with Gasteiger partial charge in [0.1, 0.15) is 0 Å². The number of benzene rings is 1. The van der Waals surface area contributed by atoms with Gasteiger partial charge in [-0.3, -0.25) is 4.79 Å². The molecule has 1 aromatic rings. The number of nitrogens with one attached hydrogen (secondary N) is 2. The molecule has 19 heavy (non-hydrogen) atoms. The van der Waals surface area contributed by atoms with E-state index >= 15 is 0 Å². The van der Waals surface area contributed by atoms with Gasteiger partial charge in [-0.1, -0.05) is 17.7 Å². The van der Waals surface area contributed by atoms with E-state index in [0.29, 0.717) is 24.2 Å². The number of hydrogen-bond donors (Lipinski definition) is 3. The summed E-state index contributed by atoms with van der Waals surface area (Å²) in [5.74, 6) is -0.336. The van der Waals surface area contributed by atoms with Gasteiger partial charge < -0.3 is 11.1 Å². The van der Waals surface area contributed by atoms with Gasteiger partial charge in [0.25, 0.3) is 5.91 Å². The summed E-state index contributed by atoms with van der Waals surface area (Å²) in [6, 6.07) is 4.82. The first-order valence-electron chi connectivity index (χ1n) is 5.58. The van der Waals surface area contributed by atoms with Crippen LogP contribution in [0, 0.1) is 0 Å². The number of carbonyl (C=O) groups excluding carboxylic acids is 1. The Morgan fingerprint density at radius 3 is 2.68 bits per heavy atom. The van der Waals surface area contributed by atoms with Crippen molar-refractivity contribution in [2.24, 2.45) is 0 Å². The van der Waals surface area contributed by atoms with Crippen LogP contribution in [0.3, 0.4) is 0 Å². The molecule has 0 aliphatic heterocycles. The van der Waals surface area contributed by atoms with Crippen molar-refractivity contribution in [1.29, 1.82) is 0 Å². The van der Waals surface area contributed by atoms with E-state index in [9.17, 15) is 13.2 Å². The predicted molar refractivity (Wildman–Crippen MR) is 75.7 cm³/mol. The first-order valence-corrected chi connectivity index (χ1v) is 7.85. The number of sulfonamides is 1. The summed E-state index contributed by atoms with van der Waals surface area (Å²) in [5.41, 5.74) is 6.24. The lowest BCUT2D eigenvalue weighted by Crippen LogP contribution is -2.29. The lowest BCUT2D eigenvalue weighted by molar-refractivity contribution is 0.0953. The number of amides is 1. The van der Waals surface area contributed by atoms with E-state index in [2.05, 4.69) is 10.0 Å². The summed E-state index contributed by atoms with van der Waals surface area (Å²) >= 11 is 5.91. The molecule has 6 nitrogen and oxygen atoms in total. The Labute approximate surface area is 117 Å². The molecule has 0 aromatic heterocycles. The largest absolute Gasteiger partial charge is 0.398 e. The van der Waals surface area contributed by atoms with Crippen LogP contribution in [0.1, 0.15) is 16.8 Å². The zero-order valence-corrected chi connectivity index (χ0v) is 12.0. The number of hydrogen-bond acceptors (Lipinski definition) is 4. The number of rotatable bonds is 6. The zero-order chi connectivity index (χ0) is 14.5. The number of nitrogens with two attached hydrogens (primary N) is 1. The molecule has 0 heterocycles. The molecule has 1 aromatic carbocycles. The maximum absolute atomic E-state index is 11.8. The summed E-state index contributed by atoms with van der Waals surface area (Å²) < 4.78 is 23.9. The summed E-state index contributed by atoms with van der Waals surface area (Å²) in [4.78, 5) is 11.8. The van der Waals surface area contributed by atoms with Gasteiger partial charge in [-0.05, 0) is 18.6 Å². The SMILES string of the molecule is CS(=O)(=O)NCCCNC(=O)c1cccc(N)c1Cl. The minimum atomic E-state index is -3.19. The summed E-state index contributed by atoms with van der Waals surface area (Å²) in [5, 5.41) is 2.86. The Morgan fingerprint density at radius 1 is 1.37 bits per heavy atom. The minimum Gasteiger partial charge on any atom is -0.398 e. The molecule has 0 spiro atoms. The van der Waals surface area contributed by atoms with E-state index in [1.807, 2.05) is 0 Å². The van der Waals surface area contributed by atoms with E-state index in [1.54, 1.807) is 18.2 Å². The number of nitrogen functional groups attached to an aromatic ring is 1. The van der Waals surface area contributed by atoms with Crippen molar-refractivity contribution in [1.82, 2.24) is 10.0 Å². The molecule has 0 atom stereocenters. The standard InChI is InChI=1S/C11H16ClN3O3S/c1-19(17,18)15-7-3-6-14-11(16)8-4-2-5-9(13)10(8)12/h2,4-5,15H,3,6-7,13H2,1H3,(H,14,16). The van der Waals surface area contributed by atoms with Gasteiger partial charge in [-0.25, -0.2) is 13.1 Å². The van der Waals surface area contributed by atoms with Gasteiger partial charge in [-0.2, -0.15) is 0 Å². The van der Waals surface area contributed by atoms with Gasteiger partial charge in [-0.15, -0.1) is 0 Å². The van der Waals surface area contributed by atoms with Gasteiger partial charge in [0, 0.05) is 13.1 Å². The first-order chi connectivity index (χ1) is 8.81. The van der Waals surface area contributed by atoms with Gasteiger partial charge >= 0.3 is 0 Å². The molecule has 0 bridgehead atoms. The second-order valence-corrected chi connectivity index (χ2v) is 6.20. The van der Waals surface area contributed by atoms with Gasteiger partial charge in [0.05, 0.1) is 22.5 Å². The maximum Gasteiger partial charge on any atom is 0.252 e. The van der Waals surface area contributed by atoms with Crippen molar-refractivity contribution in [2.75, 3.05) is 25.1 Å². The predicted octanol–water partition coefficient (Wildman–Crippen LogP) is 0.591. The zero-order valence-electron chi connectivity index (χ0n) is 10.4. The molecule has 106 valence electrons. The fourth-order valence-corrected chi connectivity index (χ4v) is 2.10. The molecular formula is C11H16ClN3O3S. The summed E-state index contributed by atoms with van der Waals surface area (Å²) in [6.07, 6.45) is 1.57. The normalized spacial score (nSPS) is 11.3. The van der Waals surface area contributed by atoms with E-state index in [1.165, 1.54) is 0 Å². The molecule has 1 amide bonds. The Kier molecular flexibility index (Phi) is 5.59. The third-order valence-corrected chi connectivity index (χ3v) is 3.43. The Morgan fingerprint density at radius 2 is 2.05 bits per heavy atom. The molecular weight excluding hydrogens is 290 g/mol. The highest BCUT2D eigenvalue weighted by Crippen LogP contribution is 2.22. The highest BCUT2D eigenvalue weighted by Gasteiger charge is 2.11. The van der Waals surface area contributed by atoms with Crippen molar-refractivity contribution < 1.29 is 13.2 Å². The number of halogens is 1. The molecule has 0 radical (unpaired) electrons. The van der Waals surface area contributed by atoms with Crippen LogP contribution in [0.2, 0.25) is 5.02 Å². The van der Waals surface area contributed by atoms with Gasteiger partial charge in [0.2, 0.25) is 10.0 Å². The number of carbonyl (C=O) groups is 1. The Balaban J connectivity index is 2.42. The first kappa shape index (κ1) is 15.7. The van der Waals surface area contributed by atoms with Crippen LogP contribution in [-0.2, 0) is 10.0 Å².